The van der Waals surface area contributed by atoms with E-state index in [1.807, 2.05) is 6.07 Å². The van der Waals surface area contributed by atoms with Gasteiger partial charge < -0.3 is 24.0 Å². The summed E-state index contributed by atoms with van der Waals surface area (Å²) in [4.78, 5) is 29.9. The van der Waals surface area contributed by atoms with Gasteiger partial charge in [-0.25, -0.2) is 14.2 Å². The van der Waals surface area contributed by atoms with Crippen molar-refractivity contribution in [1.29, 1.82) is 5.26 Å². The zero-order valence-corrected chi connectivity index (χ0v) is 23.1. The first-order valence-corrected chi connectivity index (χ1v) is 13.8. The van der Waals surface area contributed by atoms with Crippen LogP contribution in [0.5, 0.6) is 5.88 Å². The minimum atomic E-state index is -0.963. The SMILES string of the molecule is C[C@H]1CN(c2cncc(OCc3ccc(C#N)cc3F)n2)CCN1Cc1nc2ccc(C(=O)O)cc2n1C[C@@H]1CCO1. The van der Waals surface area contributed by atoms with Gasteiger partial charge in [-0.05, 0) is 43.7 Å². The second-order valence-electron chi connectivity index (χ2n) is 10.6. The standard InChI is InChI=1S/C30H30FN7O4/c1-19-15-37(27-13-33-14-29(35-27)42-18-22-3-2-20(12-32)10-24(22)31)8-7-36(19)17-28-34-25-5-4-21(30(39)40)11-26(25)38(28)16-23-6-9-41-23/h2-5,10-11,13-14,19,23H,6-9,15-18H2,1H3,(H,39,40)/t19-,23-/m0/s1. The number of ether oxygens (including phenoxy) is 2. The summed E-state index contributed by atoms with van der Waals surface area (Å²) in [6, 6.07) is 11.4. The fourth-order valence-electron chi connectivity index (χ4n) is 5.33. The Labute approximate surface area is 241 Å². The maximum Gasteiger partial charge on any atom is 0.335 e. The predicted octanol–water partition coefficient (Wildman–Crippen LogP) is 3.61. The molecule has 0 spiro atoms. The van der Waals surface area contributed by atoms with Gasteiger partial charge in [-0.15, -0.1) is 0 Å². The van der Waals surface area contributed by atoms with Gasteiger partial charge in [0.25, 0.3) is 0 Å². The third-order valence-electron chi connectivity index (χ3n) is 7.84. The Morgan fingerprint density at radius 3 is 2.79 bits per heavy atom. The second kappa shape index (κ2) is 11.7. The van der Waals surface area contributed by atoms with Gasteiger partial charge in [0.15, 0.2) is 5.82 Å². The van der Waals surface area contributed by atoms with Crippen molar-refractivity contribution in [3.05, 3.63) is 77.1 Å². The lowest BCUT2D eigenvalue weighted by Gasteiger charge is -2.40. The zero-order valence-electron chi connectivity index (χ0n) is 23.1. The molecule has 2 saturated heterocycles. The number of aromatic nitrogens is 4. The van der Waals surface area contributed by atoms with Crippen LogP contribution in [0.15, 0.2) is 48.8 Å². The summed E-state index contributed by atoms with van der Waals surface area (Å²) in [6.07, 6.45) is 4.26. The van der Waals surface area contributed by atoms with E-state index in [4.69, 9.17) is 19.7 Å². The van der Waals surface area contributed by atoms with Gasteiger partial charge in [0.05, 0.1) is 59.8 Å². The van der Waals surface area contributed by atoms with Crippen LogP contribution in [0.3, 0.4) is 0 Å². The van der Waals surface area contributed by atoms with E-state index in [9.17, 15) is 14.3 Å². The molecule has 1 N–H and O–H groups in total. The van der Waals surface area contributed by atoms with Gasteiger partial charge in [0, 0.05) is 37.8 Å². The molecule has 4 aromatic rings. The van der Waals surface area contributed by atoms with Crippen molar-refractivity contribution in [2.45, 2.75) is 45.2 Å². The molecule has 4 heterocycles. The van der Waals surface area contributed by atoms with Crippen LogP contribution in [0.4, 0.5) is 10.2 Å². The summed E-state index contributed by atoms with van der Waals surface area (Å²) in [6.45, 7) is 6.29. The van der Waals surface area contributed by atoms with E-state index in [-0.39, 0.29) is 29.9 Å². The number of nitriles is 1. The maximum atomic E-state index is 14.2. The van der Waals surface area contributed by atoms with Crippen LogP contribution in [0, 0.1) is 17.1 Å². The Kier molecular flexibility index (Phi) is 7.69. The number of carbonyl (C=O) groups is 1. The van der Waals surface area contributed by atoms with Crippen molar-refractivity contribution in [2.75, 3.05) is 31.1 Å². The van der Waals surface area contributed by atoms with Crippen molar-refractivity contribution in [3.63, 3.8) is 0 Å². The first-order chi connectivity index (χ1) is 20.4. The third kappa shape index (κ3) is 5.74. The van der Waals surface area contributed by atoms with E-state index in [2.05, 4.69) is 31.3 Å². The predicted molar refractivity (Wildman–Crippen MR) is 151 cm³/mol. The van der Waals surface area contributed by atoms with Crippen LogP contribution < -0.4 is 9.64 Å². The van der Waals surface area contributed by atoms with Gasteiger partial charge in [-0.3, -0.25) is 9.88 Å². The molecule has 0 aliphatic carbocycles. The molecule has 0 bridgehead atoms. The first-order valence-electron chi connectivity index (χ1n) is 13.8. The van der Waals surface area contributed by atoms with E-state index < -0.39 is 11.8 Å². The summed E-state index contributed by atoms with van der Waals surface area (Å²) in [5.41, 5.74) is 2.40. The van der Waals surface area contributed by atoms with Gasteiger partial charge in [-0.2, -0.15) is 10.2 Å². The molecule has 0 amide bonds. The van der Waals surface area contributed by atoms with E-state index in [0.29, 0.717) is 43.4 Å². The molecule has 0 unspecified atom stereocenters. The number of anilines is 1. The second-order valence-corrected chi connectivity index (χ2v) is 10.6. The summed E-state index contributed by atoms with van der Waals surface area (Å²) in [5.74, 6) is 0.386. The van der Waals surface area contributed by atoms with E-state index in [0.717, 1.165) is 36.4 Å². The van der Waals surface area contributed by atoms with Crippen LogP contribution in [0.2, 0.25) is 0 Å². The molecule has 2 aromatic carbocycles. The van der Waals surface area contributed by atoms with Gasteiger partial charge in [0.2, 0.25) is 5.88 Å². The minimum absolute atomic E-state index is 0.0271. The van der Waals surface area contributed by atoms with Gasteiger partial charge in [-0.1, -0.05) is 6.07 Å². The molecule has 2 atom stereocenters. The van der Waals surface area contributed by atoms with Crippen LogP contribution in [-0.2, 0) is 24.4 Å². The molecule has 11 nitrogen and oxygen atoms in total. The Hall–Kier alpha value is -4.60. The number of aromatic carboxylic acids is 1. The number of benzene rings is 2. The van der Waals surface area contributed by atoms with Crippen LogP contribution in [-0.4, -0.2) is 73.9 Å². The van der Waals surface area contributed by atoms with Crippen LogP contribution >= 0.6 is 0 Å². The average Bonchev–Trinajstić information content (AvgIpc) is 3.31. The molecule has 2 aliphatic rings. The van der Waals surface area contributed by atoms with Crippen molar-refractivity contribution in [3.8, 4) is 11.9 Å². The maximum absolute atomic E-state index is 14.2. The molecule has 216 valence electrons. The summed E-state index contributed by atoms with van der Waals surface area (Å²) in [5, 5.41) is 18.4. The highest BCUT2D eigenvalue weighted by molar-refractivity contribution is 5.92. The molecule has 2 aromatic heterocycles. The molecule has 12 heteroatoms. The highest BCUT2D eigenvalue weighted by Gasteiger charge is 2.28. The summed E-state index contributed by atoms with van der Waals surface area (Å²) >= 11 is 0. The molecule has 2 fully saturated rings. The monoisotopic (exact) mass is 571 g/mol. The molecule has 0 saturated carbocycles. The van der Waals surface area contributed by atoms with E-state index in [1.54, 1.807) is 30.5 Å². The van der Waals surface area contributed by atoms with Crippen molar-refractivity contribution in [2.24, 2.45) is 0 Å². The lowest BCUT2D eigenvalue weighted by atomic mass is 10.1. The Morgan fingerprint density at radius 2 is 2.07 bits per heavy atom. The van der Waals surface area contributed by atoms with E-state index >= 15 is 0 Å². The highest BCUT2D eigenvalue weighted by Crippen LogP contribution is 2.25. The number of halogens is 1. The quantitative estimate of drug-likeness (QED) is 0.318. The number of nitrogens with zero attached hydrogens (tertiary/aromatic N) is 7. The van der Waals surface area contributed by atoms with E-state index in [1.165, 1.54) is 18.3 Å². The van der Waals surface area contributed by atoms with Crippen molar-refractivity contribution < 1.29 is 23.8 Å². The molecule has 6 rings (SSSR count). The fraction of sp³-hybridized carbons (Fsp3) is 0.367. The number of fused-ring (bicyclic) bond motifs is 1. The number of rotatable bonds is 9. The zero-order chi connectivity index (χ0) is 29.2. The lowest BCUT2D eigenvalue weighted by Crippen LogP contribution is -2.52. The number of hydrogen-bond donors (Lipinski definition) is 1. The number of piperazine rings is 1. The molecular formula is C30H30FN7O4. The summed E-state index contributed by atoms with van der Waals surface area (Å²) in [7, 11) is 0. The number of carboxylic acid groups (broad SMARTS) is 1. The number of imidazole rings is 1. The van der Waals surface area contributed by atoms with Crippen LogP contribution in [0.25, 0.3) is 11.0 Å². The minimum Gasteiger partial charge on any atom is -0.478 e. The Bertz CT molecular complexity index is 1670. The highest BCUT2D eigenvalue weighted by atomic mass is 19.1. The first kappa shape index (κ1) is 27.6. The van der Waals surface area contributed by atoms with Crippen molar-refractivity contribution in [1.82, 2.24) is 24.4 Å². The number of hydrogen-bond acceptors (Lipinski definition) is 9. The smallest absolute Gasteiger partial charge is 0.335 e. The summed E-state index contributed by atoms with van der Waals surface area (Å²) < 4.78 is 27.8. The lowest BCUT2D eigenvalue weighted by molar-refractivity contribution is -0.0592. The fourth-order valence-corrected chi connectivity index (χ4v) is 5.33. The number of carboxylic acids is 1. The molecule has 42 heavy (non-hydrogen) atoms. The van der Waals surface area contributed by atoms with Crippen LogP contribution in [0.1, 0.15) is 40.7 Å². The molecular weight excluding hydrogens is 541 g/mol. The third-order valence-corrected chi connectivity index (χ3v) is 7.84. The molecule has 0 radical (unpaired) electrons. The Balaban J connectivity index is 1.13. The topological polar surface area (TPSA) is 130 Å². The molecule has 2 aliphatic heterocycles. The largest absolute Gasteiger partial charge is 0.478 e. The van der Waals surface area contributed by atoms with Gasteiger partial charge in [0.1, 0.15) is 18.2 Å². The van der Waals surface area contributed by atoms with Crippen molar-refractivity contribution >= 4 is 22.8 Å². The Morgan fingerprint density at radius 1 is 1.21 bits per heavy atom. The average molecular weight is 572 g/mol. The van der Waals surface area contributed by atoms with Gasteiger partial charge >= 0.3 is 5.97 Å². The normalized spacial score (nSPS) is 18.9.